The predicted octanol–water partition coefficient (Wildman–Crippen LogP) is 4.31. The summed E-state index contributed by atoms with van der Waals surface area (Å²) >= 11 is 0. The highest BCUT2D eigenvalue weighted by Gasteiger charge is 2.46. The molecular formula is C18H15F3N2O5S. The van der Waals surface area contributed by atoms with Gasteiger partial charge in [0.05, 0.1) is 19.7 Å². The van der Waals surface area contributed by atoms with Crippen molar-refractivity contribution in [3.05, 3.63) is 48.7 Å². The van der Waals surface area contributed by atoms with Crippen molar-refractivity contribution in [2.24, 2.45) is 0 Å². The Morgan fingerprint density at radius 3 is 2.14 bits per heavy atom. The summed E-state index contributed by atoms with van der Waals surface area (Å²) in [5.41, 5.74) is -5.08. The number of nitrogens with one attached hydrogen (secondary N) is 1. The zero-order chi connectivity index (χ0) is 21.2. The van der Waals surface area contributed by atoms with Gasteiger partial charge in [0.15, 0.2) is 11.5 Å². The van der Waals surface area contributed by atoms with Gasteiger partial charge in [0.25, 0.3) is 0 Å². The molecule has 1 aromatic heterocycles. The highest BCUT2D eigenvalue weighted by atomic mass is 32.2. The fourth-order valence-corrected chi connectivity index (χ4v) is 3.03. The maximum atomic E-state index is 12.4. The van der Waals surface area contributed by atoms with E-state index in [9.17, 15) is 21.6 Å². The number of anilines is 1. The third kappa shape index (κ3) is 4.29. The van der Waals surface area contributed by atoms with Gasteiger partial charge >= 0.3 is 15.5 Å². The second-order valence-electron chi connectivity index (χ2n) is 5.71. The maximum absolute atomic E-state index is 12.4. The minimum Gasteiger partial charge on any atom is -0.493 e. The quantitative estimate of drug-likeness (QED) is 0.630. The molecule has 0 saturated heterocycles. The molecule has 0 aliphatic heterocycles. The van der Waals surface area contributed by atoms with E-state index in [-0.39, 0.29) is 11.4 Å². The van der Waals surface area contributed by atoms with Gasteiger partial charge in [0.1, 0.15) is 11.5 Å². The molecule has 2 aromatic carbocycles. The smallest absolute Gasteiger partial charge is 0.493 e. The topological polar surface area (TPSA) is 86.8 Å². The number of nitrogens with zero attached hydrogens (tertiary/aromatic N) is 1. The number of aromatic nitrogens is 1. The molecule has 1 N–H and O–H groups in total. The molecule has 3 rings (SSSR count). The molecule has 0 amide bonds. The van der Waals surface area contributed by atoms with Crippen molar-refractivity contribution in [1.29, 1.82) is 0 Å². The Labute approximate surface area is 164 Å². The lowest BCUT2D eigenvalue weighted by molar-refractivity contribution is -0.0429. The van der Waals surface area contributed by atoms with Crippen LogP contribution in [0, 0.1) is 0 Å². The maximum Gasteiger partial charge on any atom is 0.516 e. The van der Waals surface area contributed by atoms with E-state index < -0.39 is 15.5 Å². The molecule has 0 radical (unpaired) electrons. The number of hydrogen-bond acceptors (Lipinski definition) is 6. The number of hydrogen-bond donors (Lipinski definition) is 1. The second kappa shape index (κ2) is 7.66. The van der Waals surface area contributed by atoms with E-state index in [1.165, 1.54) is 37.3 Å². The van der Waals surface area contributed by atoms with E-state index in [4.69, 9.17) is 14.2 Å². The highest BCUT2D eigenvalue weighted by molar-refractivity contribution is 7.93. The Bertz CT molecular complexity index is 1130. The van der Waals surface area contributed by atoms with Gasteiger partial charge in [0.2, 0.25) is 0 Å². The van der Waals surface area contributed by atoms with E-state index in [0.717, 1.165) is 12.1 Å². The van der Waals surface area contributed by atoms with Crippen molar-refractivity contribution >= 4 is 26.6 Å². The first-order valence-corrected chi connectivity index (χ1v) is 9.50. The molecule has 0 aliphatic rings. The zero-order valence-corrected chi connectivity index (χ0v) is 16.0. The standard InChI is InChI=1S/C18H15F3N2O5S/c1-26-16-9-13-14(10-17(16)27-2)22-8-7-15(13)28-12-5-3-11(4-6-12)23-29(24,25)18(19,20)21/h3-10,23H,1-2H3. The molecule has 0 atom stereocenters. The van der Waals surface area contributed by atoms with Gasteiger partial charge < -0.3 is 14.2 Å². The second-order valence-corrected chi connectivity index (χ2v) is 7.39. The van der Waals surface area contributed by atoms with Crippen LogP contribution in [0.1, 0.15) is 0 Å². The summed E-state index contributed by atoms with van der Waals surface area (Å²) in [4.78, 5) is 4.25. The van der Waals surface area contributed by atoms with Crippen molar-refractivity contribution in [2.45, 2.75) is 5.51 Å². The molecule has 0 saturated carbocycles. The van der Waals surface area contributed by atoms with Crippen LogP contribution in [-0.4, -0.2) is 33.1 Å². The van der Waals surface area contributed by atoms with Crippen LogP contribution in [0.5, 0.6) is 23.0 Å². The van der Waals surface area contributed by atoms with Gasteiger partial charge in [-0.2, -0.15) is 21.6 Å². The van der Waals surface area contributed by atoms with Gasteiger partial charge in [-0.25, -0.2) is 0 Å². The molecule has 1 heterocycles. The summed E-state index contributed by atoms with van der Waals surface area (Å²) in [6.45, 7) is 0. The van der Waals surface area contributed by atoms with Gasteiger partial charge in [-0.1, -0.05) is 0 Å². The van der Waals surface area contributed by atoms with Gasteiger partial charge in [-0.05, 0) is 36.4 Å². The first-order valence-electron chi connectivity index (χ1n) is 8.02. The fourth-order valence-electron chi connectivity index (χ4n) is 2.47. The average Bonchev–Trinajstić information content (AvgIpc) is 2.67. The highest BCUT2D eigenvalue weighted by Crippen LogP contribution is 2.37. The van der Waals surface area contributed by atoms with E-state index in [1.54, 1.807) is 18.2 Å². The Balaban J connectivity index is 1.88. The van der Waals surface area contributed by atoms with E-state index >= 15 is 0 Å². The third-order valence-electron chi connectivity index (χ3n) is 3.85. The average molecular weight is 428 g/mol. The molecule has 0 bridgehead atoms. The lowest BCUT2D eigenvalue weighted by atomic mass is 10.2. The molecule has 29 heavy (non-hydrogen) atoms. The Hall–Kier alpha value is -3.21. The number of alkyl halides is 3. The Morgan fingerprint density at radius 2 is 1.55 bits per heavy atom. The van der Waals surface area contributed by atoms with Crippen LogP contribution >= 0.6 is 0 Å². The van der Waals surface area contributed by atoms with E-state index in [1.807, 2.05) is 0 Å². The van der Waals surface area contributed by atoms with Crippen LogP contribution in [0.15, 0.2) is 48.7 Å². The molecule has 0 spiro atoms. The monoisotopic (exact) mass is 428 g/mol. The normalized spacial score (nSPS) is 11.9. The number of pyridine rings is 1. The number of ether oxygens (including phenoxy) is 3. The number of rotatable bonds is 6. The zero-order valence-electron chi connectivity index (χ0n) is 15.1. The van der Waals surface area contributed by atoms with Crippen molar-refractivity contribution in [1.82, 2.24) is 4.98 Å². The Kier molecular flexibility index (Phi) is 5.42. The van der Waals surface area contributed by atoms with Gasteiger partial charge in [0, 0.05) is 23.3 Å². The summed E-state index contributed by atoms with van der Waals surface area (Å²) in [5, 5.41) is 0.618. The van der Waals surface area contributed by atoms with Crippen LogP contribution in [-0.2, 0) is 10.0 Å². The van der Waals surface area contributed by atoms with Crippen LogP contribution < -0.4 is 18.9 Å². The molecule has 11 heteroatoms. The molecule has 0 fully saturated rings. The molecule has 7 nitrogen and oxygen atoms in total. The molecule has 3 aromatic rings. The first-order chi connectivity index (χ1) is 13.6. The van der Waals surface area contributed by atoms with Crippen LogP contribution in [0.2, 0.25) is 0 Å². The van der Waals surface area contributed by atoms with Crippen LogP contribution in [0.3, 0.4) is 0 Å². The van der Waals surface area contributed by atoms with Crippen molar-refractivity contribution < 1.29 is 35.8 Å². The predicted molar refractivity (Wildman–Crippen MR) is 100.0 cm³/mol. The summed E-state index contributed by atoms with van der Waals surface area (Å²) in [7, 11) is -2.50. The summed E-state index contributed by atoms with van der Waals surface area (Å²) in [6.07, 6.45) is 1.52. The number of methoxy groups -OCH3 is 2. The van der Waals surface area contributed by atoms with E-state index in [2.05, 4.69) is 4.98 Å². The third-order valence-corrected chi connectivity index (χ3v) is 4.96. The van der Waals surface area contributed by atoms with Gasteiger partial charge in [-0.3, -0.25) is 9.71 Å². The van der Waals surface area contributed by atoms with Crippen molar-refractivity contribution in [3.63, 3.8) is 0 Å². The summed E-state index contributed by atoms with van der Waals surface area (Å²) in [6, 6.07) is 9.95. The van der Waals surface area contributed by atoms with Crippen molar-refractivity contribution in [3.8, 4) is 23.0 Å². The largest absolute Gasteiger partial charge is 0.516 e. The number of benzene rings is 2. The van der Waals surface area contributed by atoms with Gasteiger partial charge in [-0.15, -0.1) is 0 Å². The van der Waals surface area contributed by atoms with E-state index in [0.29, 0.717) is 28.2 Å². The minimum absolute atomic E-state index is 0.249. The van der Waals surface area contributed by atoms with Crippen molar-refractivity contribution in [2.75, 3.05) is 18.9 Å². The summed E-state index contributed by atoms with van der Waals surface area (Å²) in [5.74, 6) is 1.66. The Morgan fingerprint density at radius 1 is 0.931 bits per heavy atom. The molecule has 0 aliphatic carbocycles. The van der Waals surface area contributed by atoms with Crippen LogP contribution in [0.25, 0.3) is 10.9 Å². The lowest BCUT2D eigenvalue weighted by Gasteiger charge is -2.13. The summed E-state index contributed by atoms with van der Waals surface area (Å²) < 4.78 is 77.4. The van der Waals surface area contributed by atoms with Crippen LogP contribution in [0.4, 0.5) is 18.9 Å². The number of sulfonamides is 1. The number of halogens is 3. The number of fused-ring (bicyclic) bond motifs is 1. The molecular weight excluding hydrogens is 413 g/mol. The first kappa shape index (κ1) is 20.5. The SMILES string of the molecule is COc1cc2nccc(Oc3ccc(NS(=O)(=O)C(F)(F)F)cc3)c2cc1OC. The fraction of sp³-hybridized carbons (Fsp3) is 0.167. The minimum atomic E-state index is -5.49. The molecule has 154 valence electrons. The lowest BCUT2D eigenvalue weighted by Crippen LogP contribution is -2.29. The molecule has 0 unspecified atom stereocenters.